The fourth-order valence-electron chi connectivity index (χ4n) is 1.15. The zero-order valence-electron chi connectivity index (χ0n) is 7.76. The van der Waals surface area contributed by atoms with Crippen LogP contribution in [0.2, 0.25) is 0 Å². The third-order valence-electron chi connectivity index (χ3n) is 1.87. The number of carboxylic acid groups (broad SMARTS) is 1. The minimum atomic E-state index is -1.15. The molecule has 0 saturated heterocycles. The average Bonchev–Trinajstić information content (AvgIpc) is 2.66. The molecule has 0 saturated carbocycles. The maximum atomic E-state index is 12.9. The Hall–Kier alpha value is -1.51. The van der Waals surface area contributed by atoms with Gasteiger partial charge < -0.3 is 5.11 Å². The second kappa shape index (κ2) is 4.16. The minimum absolute atomic E-state index is 0.153. The van der Waals surface area contributed by atoms with E-state index in [4.69, 9.17) is 5.11 Å². The summed E-state index contributed by atoms with van der Waals surface area (Å²) in [6.45, 7) is 0. The Morgan fingerprint density at radius 3 is 2.81 bits per heavy atom. The molecule has 0 bridgehead atoms. The summed E-state index contributed by atoms with van der Waals surface area (Å²) >= 11 is 1.94. The summed E-state index contributed by atoms with van der Waals surface area (Å²) in [4.78, 5) is 10.6. The molecule has 0 aliphatic heterocycles. The van der Waals surface area contributed by atoms with E-state index in [-0.39, 0.29) is 11.5 Å². The van der Waals surface area contributed by atoms with Gasteiger partial charge in [0.05, 0.1) is 11.9 Å². The predicted octanol–water partition coefficient (Wildman–Crippen LogP) is 1.71. The van der Waals surface area contributed by atoms with E-state index < -0.39 is 5.97 Å². The Labute approximate surface area is 103 Å². The molecule has 1 heterocycles. The van der Waals surface area contributed by atoms with Crippen molar-refractivity contribution in [1.82, 2.24) is 15.0 Å². The number of hydrogen-bond donors (Lipinski definition) is 1. The molecule has 0 spiro atoms. The Morgan fingerprint density at radius 2 is 2.25 bits per heavy atom. The molecule has 5 nitrogen and oxygen atoms in total. The third-order valence-corrected chi connectivity index (χ3v) is 2.73. The van der Waals surface area contributed by atoms with Crippen molar-refractivity contribution in [2.24, 2.45) is 0 Å². The van der Waals surface area contributed by atoms with Crippen molar-refractivity contribution in [2.75, 3.05) is 0 Å². The van der Waals surface area contributed by atoms with Crippen molar-refractivity contribution in [3.63, 3.8) is 0 Å². The van der Waals surface area contributed by atoms with Gasteiger partial charge in [0.1, 0.15) is 5.82 Å². The monoisotopic (exact) mass is 333 g/mol. The fourth-order valence-corrected chi connectivity index (χ4v) is 1.87. The van der Waals surface area contributed by atoms with Crippen molar-refractivity contribution >= 4 is 28.6 Å². The van der Waals surface area contributed by atoms with E-state index in [1.165, 1.54) is 29.1 Å². The summed E-state index contributed by atoms with van der Waals surface area (Å²) in [5.74, 6) is -1.50. The fraction of sp³-hybridized carbons (Fsp3) is 0. The number of rotatable bonds is 2. The van der Waals surface area contributed by atoms with Crippen LogP contribution in [0.1, 0.15) is 10.5 Å². The largest absolute Gasteiger partial charge is 0.476 e. The Balaban J connectivity index is 2.46. The van der Waals surface area contributed by atoms with Gasteiger partial charge in [0.25, 0.3) is 0 Å². The summed E-state index contributed by atoms with van der Waals surface area (Å²) < 4.78 is 14.8. The van der Waals surface area contributed by atoms with E-state index in [1.54, 1.807) is 0 Å². The molecule has 7 heteroatoms. The van der Waals surface area contributed by atoms with Crippen molar-refractivity contribution < 1.29 is 14.3 Å². The summed E-state index contributed by atoms with van der Waals surface area (Å²) in [6.07, 6.45) is 1.28. The van der Waals surface area contributed by atoms with Crippen molar-refractivity contribution in [3.8, 4) is 5.69 Å². The Bertz CT molecular complexity index is 555. The summed E-state index contributed by atoms with van der Waals surface area (Å²) in [5.41, 5.74) is 0.433. The first-order valence-electron chi connectivity index (χ1n) is 4.19. The lowest BCUT2D eigenvalue weighted by molar-refractivity contribution is 0.0690. The first-order chi connectivity index (χ1) is 7.58. The minimum Gasteiger partial charge on any atom is -0.476 e. The SMILES string of the molecule is O=C(O)c1cn(-c2ccc(F)cc2I)nn1. The van der Waals surface area contributed by atoms with E-state index in [1.807, 2.05) is 22.6 Å². The van der Waals surface area contributed by atoms with E-state index >= 15 is 0 Å². The molecule has 1 aromatic carbocycles. The zero-order valence-corrected chi connectivity index (χ0v) is 9.92. The highest BCUT2D eigenvalue weighted by Gasteiger charge is 2.11. The molecule has 0 atom stereocenters. The molecule has 0 radical (unpaired) electrons. The summed E-state index contributed by atoms with van der Waals surface area (Å²) in [7, 11) is 0. The first kappa shape index (κ1) is 11.0. The molecule has 1 aromatic heterocycles. The van der Waals surface area contributed by atoms with Crippen molar-refractivity contribution in [1.29, 1.82) is 0 Å². The molecular weight excluding hydrogens is 328 g/mol. The summed E-state index contributed by atoms with van der Waals surface area (Å²) in [5, 5.41) is 15.8. The van der Waals surface area contributed by atoms with E-state index in [9.17, 15) is 9.18 Å². The maximum absolute atomic E-state index is 12.9. The van der Waals surface area contributed by atoms with Crippen LogP contribution in [0, 0.1) is 9.39 Å². The van der Waals surface area contributed by atoms with Gasteiger partial charge in [-0.15, -0.1) is 5.10 Å². The maximum Gasteiger partial charge on any atom is 0.358 e. The van der Waals surface area contributed by atoms with Gasteiger partial charge in [0.15, 0.2) is 5.69 Å². The number of nitrogens with zero attached hydrogens (tertiary/aromatic N) is 3. The Morgan fingerprint density at radius 1 is 1.50 bits per heavy atom. The molecule has 0 fully saturated rings. The number of carbonyl (C=O) groups is 1. The lowest BCUT2D eigenvalue weighted by Gasteiger charge is -2.02. The van der Waals surface area contributed by atoms with Gasteiger partial charge in [0, 0.05) is 3.57 Å². The standard InChI is InChI=1S/C9H5FIN3O2/c10-5-1-2-8(6(11)3-5)14-4-7(9(15)16)12-13-14/h1-4H,(H,15,16). The molecule has 82 valence electrons. The second-order valence-electron chi connectivity index (χ2n) is 2.95. The molecule has 2 rings (SSSR count). The number of hydrogen-bond acceptors (Lipinski definition) is 3. The topological polar surface area (TPSA) is 68.0 Å². The molecule has 1 N–H and O–H groups in total. The predicted molar refractivity (Wildman–Crippen MR) is 61.0 cm³/mol. The molecule has 0 unspecified atom stereocenters. The third kappa shape index (κ3) is 2.03. The molecular formula is C9H5FIN3O2. The van der Waals surface area contributed by atoms with Crippen LogP contribution < -0.4 is 0 Å². The number of halogens is 2. The average molecular weight is 333 g/mol. The van der Waals surface area contributed by atoms with Gasteiger partial charge in [-0.25, -0.2) is 13.9 Å². The van der Waals surface area contributed by atoms with Crippen LogP contribution in [0.5, 0.6) is 0 Å². The van der Waals surface area contributed by atoms with Gasteiger partial charge >= 0.3 is 5.97 Å². The second-order valence-corrected chi connectivity index (χ2v) is 4.11. The van der Waals surface area contributed by atoms with Crippen LogP contribution in [-0.4, -0.2) is 26.1 Å². The normalized spacial score (nSPS) is 10.4. The van der Waals surface area contributed by atoms with Crippen LogP contribution in [0.15, 0.2) is 24.4 Å². The number of benzene rings is 1. The highest BCUT2D eigenvalue weighted by molar-refractivity contribution is 14.1. The highest BCUT2D eigenvalue weighted by Crippen LogP contribution is 2.17. The van der Waals surface area contributed by atoms with Crippen LogP contribution in [0.25, 0.3) is 5.69 Å². The van der Waals surface area contributed by atoms with Gasteiger partial charge in [-0.1, -0.05) is 5.21 Å². The van der Waals surface area contributed by atoms with Gasteiger partial charge in [-0.3, -0.25) is 0 Å². The molecule has 0 aliphatic rings. The molecule has 2 aromatic rings. The smallest absolute Gasteiger partial charge is 0.358 e. The van der Waals surface area contributed by atoms with E-state index in [0.29, 0.717) is 9.26 Å². The van der Waals surface area contributed by atoms with Gasteiger partial charge in [0.2, 0.25) is 0 Å². The van der Waals surface area contributed by atoms with Crippen LogP contribution in [-0.2, 0) is 0 Å². The molecule has 0 aliphatic carbocycles. The van der Waals surface area contributed by atoms with E-state index in [2.05, 4.69) is 10.3 Å². The van der Waals surface area contributed by atoms with Crippen LogP contribution >= 0.6 is 22.6 Å². The Kier molecular flexibility index (Phi) is 2.86. The number of aromatic carboxylic acids is 1. The van der Waals surface area contributed by atoms with Crippen molar-refractivity contribution in [2.45, 2.75) is 0 Å². The summed E-state index contributed by atoms with van der Waals surface area (Å²) in [6, 6.07) is 4.12. The molecule has 16 heavy (non-hydrogen) atoms. The number of carboxylic acids is 1. The first-order valence-corrected chi connectivity index (χ1v) is 5.27. The van der Waals surface area contributed by atoms with Gasteiger partial charge in [-0.05, 0) is 40.8 Å². The lowest BCUT2D eigenvalue weighted by Crippen LogP contribution is -1.98. The van der Waals surface area contributed by atoms with Crippen LogP contribution in [0.4, 0.5) is 4.39 Å². The van der Waals surface area contributed by atoms with Gasteiger partial charge in [-0.2, -0.15) is 0 Å². The lowest BCUT2D eigenvalue weighted by atomic mass is 10.3. The quantitative estimate of drug-likeness (QED) is 0.850. The molecule has 0 amide bonds. The highest BCUT2D eigenvalue weighted by atomic mass is 127. The van der Waals surface area contributed by atoms with E-state index in [0.717, 1.165) is 0 Å². The zero-order chi connectivity index (χ0) is 11.7. The van der Waals surface area contributed by atoms with Crippen LogP contribution in [0.3, 0.4) is 0 Å². The number of aromatic nitrogens is 3. The van der Waals surface area contributed by atoms with Crippen molar-refractivity contribution in [3.05, 3.63) is 39.5 Å².